The van der Waals surface area contributed by atoms with Gasteiger partial charge in [0.05, 0.1) is 5.92 Å². The third-order valence-corrected chi connectivity index (χ3v) is 2.91. The molecule has 0 radical (unpaired) electrons. The van der Waals surface area contributed by atoms with Crippen molar-refractivity contribution in [2.24, 2.45) is 11.7 Å². The summed E-state index contributed by atoms with van der Waals surface area (Å²) < 4.78 is 0. The number of carbonyl (C=O) groups excluding carboxylic acids is 2. The van der Waals surface area contributed by atoms with Crippen molar-refractivity contribution < 1.29 is 9.59 Å². The molecule has 4 nitrogen and oxygen atoms in total. The number of hydrogen-bond donors (Lipinski definition) is 1. The van der Waals surface area contributed by atoms with Gasteiger partial charge in [0.15, 0.2) is 0 Å². The van der Waals surface area contributed by atoms with E-state index in [2.05, 4.69) is 0 Å². The van der Waals surface area contributed by atoms with Gasteiger partial charge in [0.25, 0.3) is 0 Å². The van der Waals surface area contributed by atoms with Crippen LogP contribution in [-0.4, -0.2) is 29.3 Å². The van der Waals surface area contributed by atoms with Crippen LogP contribution in [0.2, 0.25) is 0 Å². The number of nitrogens with zero attached hydrogens (tertiary/aromatic N) is 1. The highest BCUT2D eigenvalue weighted by atomic mass is 16.2. The molecule has 1 heterocycles. The fraction of sp³-hybridized carbons (Fsp3) is 0.800. The van der Waals surface area contributed by atoms with E-state index in [1.54, 1.807) is 4.90 Å². The van der Waals surface area contributed by atoms with Gasteiger partial charge in [-0.15, -0.1) is 0 Å². The standard InChI is InChI=1S/C10H18N2O2/c1-3-9(13)12-6-8(10(11)14)5-4-7(12)2/h7-8H,3-6H2,1-2H3,(H2,11,14). The average molecular weight is 198 g/mol. The number of carbonyl (C=O) groups is 2. The summed E-state index contributed by atoms with van der Waals surface area (Å²) in [7, 11) is 0. The van der Waals surface area contributed by atoms with E-state index >= 15 is 0 Å². The molecule has 0 spiro atoms. The summed E-state index contributed by atoms with van der Waals surface area (Å²) in [5, 5.41) is 0. The third-order valence-electron chi connectivity index (χ3n) is 2.91. The van der Waals surface area contributed by atoms with Crippen molar-refractivity contribution in [2.45, 2.75) is 39.2 Å². The Morgan fingerprint density at radius 3 is 2.57 bits per heavy atom. The molecule has 2 N–H and O–H groups in total. The molecule has 1 rings (SSSR count). The SMILES string of the molecule is CCC(=O)N1CC(C(N)=O)CCC1C. The van der Waals surface area contributed by atoms with Crippen LogP contribution in [-0.2, 0) is 9.59 Å². The van der Waals surface area contributed by atoms with Crippen LogP contribution >= 0.6 is 0 Å². The van der Waals surface area contributed by atoms with Gasteiger partial charge in [-0.2, -0.15) is 0 Å². The van der Waals surface area contributed by atoms with Crippen LogP contribution in [0.3, 0.4) is 0 Å². The highest BCUT2D eigenvalue weighted by molar-refractivity contribution is 5.80. The Morgan fingerprint density at radius 2 is 2.07 bits per heavy atom. The van der Waals surface area contributed by atoms with E-state index in [0.717, 1.165) is 12.8 Å². The van der Waals surface area contributed by atoms with E-state index in [-0.39, 0.29) is 23.8 Å². The highest BCUT2D eigenvalue weighted by Gasteiger charge is 2.30. The molecule has 0 aliphatic carbocycles. The van der Waals surface area contributed by atoms with Crippen molar-refractivity contribution in [3.63, 3.8) is 0 Å². The molecule has 0 aromatic carbocycles. The van der Waals surface area contributed by atoms with Crippen LogP contribution in [0.4, 0.5) is 0 Å². The van der Waals surface area contributed by atoms with Crippen LogP contribution in [0.5, 0.6) is 0 Å². The fourth-order valence-corrected chi connectivity index (χ4v) is 1.89. The van der Waals surface area contributed by atoms with Crippen molar-refractivity contribution in [2.75, 3.05) is 6.54 Å². The summed E-state index contributed by atoms with van der Waals surface area (Å²) >= 11 is 0. The Balaban J connectivity index is 2.64. The molecule has 2 unspecified atom stereocenters. The fourth-order valence-electron chi connectivity index (χ4n) is 1.89. The van der Waals surface area contributed by atoms with Crippen LogP contribution in [0.15, 0.2) is 0 Å². The van der Waals surface area contributed by atoms with Gasteiger partial charge in [-0.1, -0.05) is 6.92 Å². The Bertz CT molecular complexity index is 240. The van der Waals surface area contributed by atoms with E-state index in [0.29, 0.717) is 13.0 Å². The van der Waals surface area contributed by atoms with Crippen molar-refractivity contribution >= 4 is 11.8 Å². The van der Waals surface area contributed by atoms with Gasteiger partial charge in [0.1, 0.15) is 0 Å². The summed E-state index contributed by atoms with van der Waals surface area (Å²) in [6.07, 6.45) is 2.18. The maximum absolute atomic E-state index is 11.5. The van der Waals surface area contributed by atoms with Gasteiger partial charge < -0.3 is 10.6 Å². The van der Waals surface area contributed by atoms with Gasteiger partial charge in [0.2, 0.25) is 11.8 Å². The Hall–Kier alpha value is -1.06. The molecule has 0 bridgehead atoms. The van der Waals surface area contributed by atoms with Crippen molar-refractivity contribution in [1.29, 1.82) is 0 Å². The monoisotopic (exact) mass is 198 g/mol. The molecule has 0 saturated carbocycles. The normalized spacial score (nSPS) is 27.4. The van der Waals surface area contributed by atoms with E-state index in [1.165, 1.54) is 0 Å². The molecule has 14 heavy (non-hydrogen) atoms. The molecular formula is C10H18N2O2. The van der Waals surface area contributed by atoms with Gasteiger partial charge in [-0.05, 0) is 19.8 Å². The zero-order chi connectivity index (χ0) is 10.7. The summed E-state index contributed by atoms with van der Waals surface area (Å²) in [5.41, 5.74) is 5.24. The second-order valence-electron chi connectivity index (χ2n) is 3.93. The number of hydrogen-bond acceptors (Lipinski definition) is 2. The lowest BCUT2D eigenvalue weighted by Crippen LogP contribution is -2.48. The van der Waals surface area contributed by atoms with Crippen LogP contribution in [0, 0.1) is 5.92 Å². The first kappa shape index (κ1) is 11.0. The molecular weight excluding hydrogens is 180 g/mol. The van der Waals surface area contributed by atoms with Crippen molar-refractivity contribution in [3.05, 3.63) is 0 Å². The van der Waals surface area contributed by atoms with Gasteiger partial charge in [-0.25, -0.2) is 0 Å². The summed E-state index contributed by atoms with van der Waals surface area (Å²) in [5.74, 6) is -0.323. The molecule has 2 amide bonds. The van der Waals surface area contributed by atoms with Crippen molar-refractivity contribution in [1.82, 2.24) is 4.90 Å². The lowest BCUT2D eigenvalue weighted by molar-refractivity contribution is -0.137. The number of primary amides is 1. The maximum atomic E-state index is 11.5. The minimum absolute atomic E-state index is 0.114. The zero-order valence-corrected chi connectivity index (χ0v) is 8.82. The number of likely N-dealkylation sites (tertiary alicyclic amines) is 1. The lowest BCUT2D eigenvalue weighted by Gasteiger charge is -2.36. The number of rotatable bonds is 2. The maximum Gasteiger partial charge on any atom is 0.222 e. The molecule has 0 aromatic rings. The van der Waals surface area contributed by atoms with Gasteiger partial charge in [-0.3, -0.25) is 9.59 Å². The summed E-state index contributed by atoms with van der Waals surface area (Å²) in [4.78, 5) is 24.3. The molecule has 1 aliphatic rings. The Kier molecular flexibility index (Phi) is 3.49. The first-order valence-electron chi connectivity index (χ1n) is 5.15. The predicted octanol–water partition coefficient (Wildman–Crippen LogP) is 0.509. The van der Waals surface area contributed by atoms with E-state index in [4.69, 9.17) is 5.73 Å². The summed E-state index contributed by atoms with van der Waals surface area (Å²) in [6.45, 7) is 4.36. The van der Waals surface area contributed by atoms with Crippen molar-refractivity contribution in [3.8, 4) is 0 Å². The second kappa shape index (κ2) is 4.44. The smallest absolute Gasteiger partial charge is 0.222 e. The molecule has 1 saturated heterocycles. The van der Waals surface area contributed by atoms with E-state index in [1.807, 2.05) is 13.8 Å². The molecule has 80 valence electrons. The summed E-state index contributed by atoms with van der Waals surface area (Å²) in [6, 6.07) is 0.248. The molecule has 1 fully saturated rings. The van der Waals surface area contributed by atoms with E-state index < -0.39 is 0 Å². The lowest BCUT2D eigenvalue weighted by atomic mass is 9.93. The number of amides is 2. The molecule has 2 atom stereocenters. The Morgan fingerprint density at radius 1 is 1.43 bits per heavy atom. The topological polar surface area (TPSA) is 63.4 Å². The first-order valence-corrected chi connectivity index (χ1v) is 5.15. The van der Waals surface area contributed by atoms with Crippen LogP contribution in [0.1, 0.15) is 33.1 Å². The first-order chi connectivity index (χ1) is 6.56. The highest BCUT2D eigenvalue weighted by Crippen LogP contribution is 2.22. The van der Waals surface area contributed by atoms with Crippen LogP contribution in [0.25, 0.3) is 0 Å². The Labute approximate surface area is 84.4 Å². The quantitative estimate of drug-likeness (QED) is 0.702. The second-order valence-corrected chi connectivity index (χ2v) is 3.93. The molecule has 0 aromatic heterocycles. The third kappa shape index (κ3) is 2.25. The largest absolute Gasteiger partial charge is 0.369 e. The van der Waals surface area contributed by atoms with E-state index in [9.17, 15) is 9.59 Å². The molecule has 1 aliphatic heterocycles. The molecule has 4 heteroatoms. The minimum atomic E-state index is -0.286. The van der Waals surface area contributed by atoms with Crippen LogP contribution < -0.4 is 5.73 Å². The zero-order valence-electron chi connectivity index (χ0n) is 8.82. The average Bonchev–Trinajstić information content (AvgIpc) is 2.17. The number of piperidine rings is 1. The number of nitrogens with two attached hydrogens (primary N) is 1. The minimum Gasteiger partial charge on any atom is -0.369 e. The van der Waals surface area contributed by atoms with Gasteiger partial charge in [0, 0.05) is 19.0 Å². The predicted molar refractivity (Wildman–Crippen MR) is 53.4 cm³/mol. The van der Waals surface area contributed by atoms with Gasteiger partial charge >= 0.3 is 0 Å².